The third kappa shape index (κ3) is 5.23. The number of rotatable bonds is 4. The molecule has 4 rings (SSSR count). The average Bonchev–Trinajstić information content (AvgIpc) is 2.80. The summed E-state index contributed by atoms with van der Waals surface area (Å²) in [5.41, 5.74) is 3.92. The molecule has 0 aliphatic carbocycles. The number of piperidine rings is 1. The fourth-order valence-corrected chi connectivity index (χ4v) is 4.48. The molecule has 1 saturated heterocycles. The highest BCUT2D eigenvalue weighted by molar-refractivity contribution is 6.35. The molecule has 1 fully saturated rings. The van der Waals surface area contributed by atoms with E-state index in [1.807, 2.05) is 47.4 Å². The first-order valence-electron chi connectivity index (χ1n) is 10.4. The van der Waals surface area contributed by atoms with Crippen LogP contribution in [0.3, 0.4) is 0 Å². The lowest BCUT2D eigenvalue weighted by atomic mass is 10.0. The summed E-state index contributed by atoms with van der Waals surface area (Å²) in [6.45, 7) is 1.72. The lowest BCUT2D eigenvalue weighted by molar-refractivity contribution is 0.252. The summed E-state index contributed by atoms with van der Waals surface area (Å²) in [6, 6.07) is 22.3. The number of carbonyl (C=O) groups excluding carboxylic acids is 1. The van der Waals surface area contributed by atoms with Crippen molar-refractivity contribution in [2.24, 2.45) is 0 Å². The van der Waals surface area contributed by atoms with Gasteiger partial charge < -0.3 is 10.6 Å². The molecule has 0 unspecified atom stereocenters. The third-order valence-corrected chi connectivity index (χ3v) is 5.91. The average molecular weight is 465 g/mol. The molecule has 1 aliphatic rings. The Balaban J connectivity index is 1.62. The van der Waals surface area contributed by atoms with E-state index in [0.29, 0.717) is 21.3 Å². The highest BCUT2D eigenvalue weighted by Crippen LogP contribution is 2.29. The topological polar surface area (TPSA) is 68.2 Å². The van der Waals surface area contributed by atoms with Crippen molar-refractivity contribution in [1.29, 1.82) is 5.26 Å². The lowest BCUT2D eigenvalue weighted by Crippen LogP contribution is -2.48. The van der Waals surface area contributed by atoms with Crippen LogP contribution in [-0.2, 0) is 0 Å². The zero-order valence-electron chi connectivity index (χ0n) is 17.3. The Morgan fingerprint density at radius 1 is 0.969 bits per heavy atom. The second kappa shape index (κ2) is 10.1. The first-order valence-corrected chi connectivity index (χ1v) is 11.2. The molecule has 0 atom stereocenters. The first-order chi connectivity index (χ1) is 15.5. The van der Waals surface area contributed by atoms with E-state index in [1.165, 1.54) is 0 Å². The van der Waals surface area contributed by atoms with Crippen molar-refractivity contribution in [2.75, 3.05) is 23.3 Å². The van der Waals surface area contributed by atoms with Crippen molar-refractivity contribution in [2.45, 2.75) is 18.9 Å². The van der Waals surface area contributed by atoms with Crippen LogP contribution in [0.25, 0.3) is 11.1 Å². The van der Waals surface area contributed by atoms with Gasteiger partial charge in [-0.1, -0.05) is 47.5 Å². The molecule has 0 bridgehead atoms. The molecule has 5 nitrogen and oxygen atoms in total. The number of nitriles is 1. The van der Waals surface area contributed by atoms with Crippen LogP contribution in [-0.4, -0.2) is 25.2 Å². The fraction of sp³-hybridized carbons (Fsp3) is 0.200. The minimum atomic E-state index is -0.227. The van der Waals surface area contributed by atoms with Gasteiger partial charge in [-0.05, 0) is 79.5 Å². The number of hydrogen-bond donors (Lipinski definition) is 2. The maximum absolute atomic E-state index is 13.3. The molecule has 0 spiro atoms. The molecule has 32 heavy (non-hydrogen) atoms. The second-order valence-corrected chi connectivity index (χ2v) is 8.55. The van der Waals surface area contributed by atoms with E-state index in [9.17, 15) is 4.79 Å². The molecule has 0 aromatic heterocycles. The lowest BCUT2D eigenvalue weighted by Gasteiger charge is -2.35. The predicted molar refractivity (Wildman–Crippen MR) is 130 cm³/mol. The summed E-state index contributed by atoms with van der Waals surface area (Å²) in [5.74, 6) is 0. The van der Waals surface area contributed by atoms with Gasteiger partial charge in [-0.15, -0.1) is 0 Å². The van der Waals surface area contributed by atoms with E-state index in [0.717, 1.165) is 42.7 Å². The Labute approximate surface area is 197 Å². The number of halogens is 2. The number of hydrogen-bond acceptors (Lipinski definition) is 3. The molecule has 1 heterocycles. The number of benzene rings is 3. The van der Waals surface area contributed by atoms with E-state index in [4.69, 9.17) is 28.5 Å². The van der Waals surface area contributed by atoms with E-state index < -0.39 is 0 Å². The number of nitrogens with zero attached hydrogens (tertiary/aromatic N) is 2. The van der Waals surface area contributed by atoms with Gasteiger partial charge in [-0.3, -0.25) is 4.90 Å². The number of nitrogens with one attached hydrogen (secondary N) is 2. The van der Waals surface area contributed by atoms with Crippen molar-refractivity contribution in [1.82, 2.24) is 5.32 Å². The maximum Gasteiger partial charge on any atom is 0.326 e. The Bertz CT molecular complexity index is 1130. The van der Waals surface area contributed by atoms with E-state index in [-0.39, 0.29) is 12.1 Å². The molecule has 2 amide bonds. The highest BCUT2D eigenvalue weighted by atomic mass is 35.5. The number of urea groups is 1. The Morgan fingerprint density at radius 2 is 1.66 bits per heavy atom. The SMILES string of the molecule is N#Cc1cccc(-c2ccc(N(C(=O)Nc3cc(Cl)cc(Cl)c3)C3CCNCC3)cc2)c1. The molecular weight excluding hydrogens is 443 g/mol. The van der Waals surface area contributed by atoms with Gasteiger partial charge in [0.05, 0.1) is 11.6 Å². The minimum Gasteiger partial charge on any atom is -0.317 e. The van der Waals surface area contributed by atoms with Crippen molar-refractivity contribution < 1.29 is 4.79 Å². The molecule has 1 aliphatic heterocycles. The van der Waals surface area contributed by atoms with E-state index >= 15 is 0 Å². The summed E-state index contributed by atoms with van der Waals surface area (Å²) < 4.78 is 0. The van der Waals surface area contributed by atoms with Gasteiger partial charge in [0.25, 0.3) is 0 Å². The van der Waals surface area contributed by atoms with Crippen LogP contribution >= 0.6 is 23.2 Å². The van der Waals surface area contributed by atoms with Crippen LogP contribution < -0.4 is 15.5 Å². The van der Waals surface area contributed by atoms with Crippen LogP contribution in [0.2, 0.25) is 10.0 Å². The maximum atomic E-state index is 13.3. The molecule has 0 radical (unpaired) electrons. The summed E-state index contributed by atoms with van der Waals surface area (Å²) >= 11 is 12.2. The van der Waals surface area contributed by atoms with Gasteiger partial charge in [0.1, 0.15) is 0 Å². The zero-order valence-corrected chi connectivity index (χ0v) is 18.8. The summed E-state index contributed by atoms with van der Waals surface area (Å²) in [6.07, 6.45) is 1.71. The van der Waals surface area contributed by atoms with Crippen molar-refractivity contribution in [3.63, 3.8) is 0 Å². The molecule has 2 N–H and O–H groups in total. The molecule has 0 saturated carbocycles. The summed E-state index contributed by atoms with van der Waals surface area (Å²) in [7, 11) is 0. The summed E-state index contributed by atoms with van der Waals surface area (Å²) in [4.78, 5) is 15.2. The quantitative estimate of drug-likeness (QED) is 0.474. The highest BCUT2D eigenvalue weighted by Gasteiger charge is 2.27. The van der Waals surface area contributed by atoms with Crippen molar-refractivity contribution in [3.05, 3.63) is 82.3 Å². The normalized spacial score (nSPS) is 13.9. The van der Waals surface area contributed by atoms with Crippen LogP contribution in [0, 0.1) is 11.3 Å². The van der Waals surface area contributed by atoms with E-state index in [1.54, 1.807) is 24.3 Å². The second-order valence-electron chi connectivity index (χ2n) is 7.68. The predicted octanol–water partition coefficient (Wildman–Crippen LogP) is 6.32. The van der Waals surface area contributed by atoms with Gasteiger partial charge in [-0.2, -0.15) is 5.26 Å². The van der Waals surface area contributed by atoms with Gasteiger partial charge >= 0.3 is 6.03 Å². The van der Waals surface area contributed by atoms with Gasteiger partial charge in [0.2, 0.25) is 0 Å². The summed E-state index contributed by atoms with van der Waals surface area (Å²) in [5, 5.41) is 16.4. The Morgan fingerprint density at radius 3 is 2.31 bits per heavy atom. The zero-order chi connectivity index (χ0) is 22.5. The van der Waals surface area contributed by atoms with Gasteiger partial charge in [-0.25, -0.2) is 4.79 Å². The number of anilines is 2. The van der Waals surface area contributed by atoms with Crippen LogP contribution in [0.4, 0.5) is 16.2 Å². The Kier molecular flexibility index (Phi) is 6.96. The largest absolute Gasteiger partial charge is 0.326 e. The monoisotopic (exact) mass is 464 g/mol. The molecule has 7 heteroatoms. The van der Waals surface area contributed by atoms with Crippen LogP contribution in [0.15, 0.2) is 66.7 Å². The van der Waals surface area contributed by atoms with Gasteiger partial charge in [0, 0.05) is 27.5 Å². The van der Waals surface area contributed by atoms with Crippen LogP contribution in [0.5, 0.6) is 0 Å². The van der Waals surface area contributed by atoms with Crippen molar-refractivity contribution in [3.8, 4) is 17.2 Å². The third-order valence-electron chi connectivity index (χ3n) is 5.48. The molecular formula is C25H22Cl2N4O. The molecule has 162 valence electrons. The fourth-order valence-electron chi connectivity index (χ4n) is 3.95. The van der Waals surface area contributed by atoms with Crippen LogP contribution in [0.1, 0.15) is 18.4 Å². The molecule has 3 aromatic rings. The molecule has 3 aromatic carbocycles. The standard InChI is InChI=1S/C25H22Cl2N4O/c26-20-13-21(27)15-22(14-20)30-25(32)31(24-8-10-29-11-9-24)23-6-4-18(5-7-23)19-3-1-2-17(12-19)16-28/h1-7,12-15,24,29H,8-11H2,(H,30,32). The van der Waals surface area contributed by atoms with E-state index in [2.05, 4.69) is 16.7 Å². The van der Waals surface area contributed by atoms with Gasteiger partial charge in [0.15, 0.2) is 0 Å². The number of amides is 2. The van der Waals surface area contributed by atoms with Crippen molar-refractivity contribution >= 4 is 40.6 Å². The Hall–Kier alpha value is -3.04. The number of carbonyl (C=O) groups is 1. The first kappa shape index (κ1) is 22.2. The minimum absolute atomic E-state index is 0.0682. The smallest absolute Gasteiger partial charge is 0.317 e.